The number of nitrogens with one attached hydrogen (secondary N) is 1. The van der Waals surface area contributed by atoms with Crippen molar-refractivity contribution < 1.29 is 4.74 Å². The number of aryl methyl sites for hydroxylation is 1. The van der Waals surface area contributed by atoms with Crippen molar-refractivity contribution in [1.82, 2.24) is 19.7 Å². The Kier molecular flexibility index (Phi) is 3.12. The number of fused-ring (bicyclic) bond motifs is 1. The summed E-state index contributed by atoms with van der Waals surface area (Å²) in [5, 5.41) is 8.28. The van der Waals surface area contributed by atoms with E-state index >= 15 is 0 Å². The SMILES string of the molecule is COCc1nc(-c2cc3ccc(Br)cc3n2C)n[nH]1. The van der Waals surface area contributed by atoms with Crippen LogP contribution in [-0.2, 0) is 18.4 Å². The molecule has 0 aliphatic heterocycles. The number of benzene rings is 1. The molecule has 0 aliphatic rings. The lowest BCUT2D eigenvalue weighted by Gasteiger charge is -2.00. The van der Waals surface area contributed by atoms with Crippen molar-refractivity contribution in [2.75, 3.05) is 7.11 Å². The highest BCUT2D eigenvalue weighted by atomic mass is 79.9. The number of nitrogens with zero attached hydrogens (tertiary/aromatic N) is 3. The van der Waals surface area contributed by atoms with Crippen LogP contribution in [0.25, 0.3) is 22.4 Å². The number of aromatic amines is 1. The number of rotatable bonds is 3. The predicted molar refractivity (Wildman–Crippen MR) is 76.7 cm³/mol. The van der Waals surface area contributed by atoms with Crippen LogP contribution in [0.3, 0.4) is 0 Å². The van der Waals surface area contributed by atoms with Crippen LogP contribution in [0.4, 0.5) is 0 Å². The number of halogens is 1. The van der Waals surface area contributed by atoms with Crippen molar-refractivity contribution in [3.05, 3.63) is 34.6 Å². The summed E-state index contributed by atoms with van der Waals surface area (Å²) in [6.45, 7) is 0.433. The van der Waals surface area contributed by atoms with Crippen molar-refractivity contribution in [3.8, 4) is 11.5 Å². The van der Waals surface area contributed by atoms with E-state index in [0.29, 0.717) is 12.4 Å². The largest absolute Gasteiger partial charge is 0.377 e. The van der Waals surface area contributed by atoms with Gasteiger partial charge in [-0.25, -0.2) is 4.98 Å². The molecule has 1 N–H and O–H groups in total. The van der Waals surface area contributed by atoms with Gasteiger partial charge in [0.15, 0.2) is 11.6 Å². The number of aromatic nitrogens is 4. The Hall–Kier alpha value is -1.66. The van der Waals surface area contributed by atoms with E-state index in [2.05, 4.69) is 53.9 Å². The van der Waals surface area contributed by atoms with Gasteiger partial charge in [0.1, 0.15) is 6.61 Å². The van der Waals surface area contributed by atoms with E-state index < -0.39 is 0 Å². The van der Waals surface area contributed by atoms with Crippen LogP contribution in [0.2, 0.25) is 0 Å². The zero-order valence-electron chi connectivity index (χ0n) is 10.6. The minimum absolute atomic E-state index is 0.433. The van der Waals surface area contributed by atoms with Crippen molar-refractivity contribution in [1.29, 1.82) is 0 Å². The summed E-state index contributed by atoms with van der Waals surface area (Å²) < 4.78 is 8.18. The molecule has 0 radical (unpaired) electrons. The fourth-order valence-electron chi connectivity index (χ4n) is 2.13. The van der Waals surface area contributed by atoms with Crippen LogP contribution in [0.15, 0.2) is 28.7 Å². The molecule has 0 unspecified atom stereocenters. The molecule has 19 heavy (non-hydrogen) atoms. The molecule has 3 aromatic rings. The quantitative estimate of drug-likeness (QED) is 0.807. The topological polar surface area (TPSA) is 55.7 Å². The Labute approximate surface area is 118 Å². The van der Waals surface area contributed by atoms with Crippen molar-refractivity contribution >= 4 is 26.8 Å². The van der Waals surface area contributed by atoms with Gasteiger partial charge in [-0.15, -0.1) is 0 Å². The van der Waals surface area contributed by atoms with Gasteiger partial charge in [0.25, 0.3) is 0 Å². The van der Waals surface area contributed by atoms with E-state index in [0.717, 1.165) is 21.5 Å². The minimum Gasteiger partial charge on any atom is -0.377 e. The van der Waals surface area contributed by atoms with Crippen molar-refractivity contribution in [3.63, 3.8) is 0 Å². The molecule has 6 heteroatoms. The monoisotopic (exact) mass is 320 g/mol. The van der Waals surface area contributed by atoms with Gasteiger partial charge in [-0.05, 0) is 18.2 Å². The second kappa shape index (κ2) is 4.79. The first-order chi connectivity index (χ1) is 9.19. The van der Waals surface area contributed by atoms with Crippen LogP contribution < -0.4 is 0 Å². The summed E-state index contributed by atoms with van der Waals surface area (Å²) in [5.74, 6) is 1.41. The Morgan fingerprint density at radius 3 is 3.00 bits per heavy atom. The predicted octanol–water partition coefficient (Wildman–Crippen LogP) is 2.87. The number of hydrogen-bond donors (Lipinski definition) is 1. The maximum absolute atomic E-state index is 5.04. The second-order valence-corrected chi connectivity index (χ2v) is 5.25. The van der Waals surface area contributed by atoms with E-state index in [9.17, 15) is 0 Å². The van der Waals surface area contributed by atoms with E-state index in [4.69, 9.17) is 4.74 Å². The number of H-pyrrole nitrogens is 1. The van der Waals surface area contributed by atoms with Gasteiger partial charge in [-0.1, -0.05) is 22.0 Å². The minimum atomic E-state index is 0.433. The van der Waals surface area contributed by atoms with Gasteiger partial charge < -0.3 is 9.30 Å². The summed E-state index contributed by atoms with van der Waals surface area (Å²) in [5.41, 5.74) is 2.12. The van der Waals surface area contributed by atoms with Gasteiger partial charge in [-0.2, -0.15) is 5.10 Å². The van der Waals surface area contributed by atoms with E-state index in [1.54, 1.807) is 7.11 Å². The third-order valence-electron chi connectivity index (χ3n) is 3.05. The summed E-state index contributed by atoms with van der Waals surface area (Å²) >= 11 is 3.49. The van der Waals surface area contributed by atoms with Crippen LogP contribution in [0, 0.1) is 0 Å². The molecule has 0 saturated heterocycles. The van der Waals surface area contributed by atoms with E-state index in [1.165, 1.54) is 5.39 Å². The first-order valence-corrected chi connectivity index (χ1v) is 6.64. The molecule has 5 nitrogen and oxygen atoms in total. The zero-order valence-corrected chi connectivity index (χ0v) is 12.2. The van der Waals surface area contributed by atoms with Crippen LogP contribution in [-0.4, -0.2) is 26.9 Å². The summed E-state index contributed by atoms with van der Waals surface area (Å²) in [4.78, 5) is 4.42. The van der Waals surface area contributed by atoms with E-state index in [-0.39, 0.29) is 0 Å². The fourth-order valence-corrected chi connectivity index (χ4v) is 2.48. The normalized spacial score (nSPS) is 11.3. The zero-order chi connectivity index (χ0) is 13.4. The lowest BCUT2D eigenvalue weighted by Crippen LogP contribution is -1.93. The standard InChI is InChI=1S/C13H13BrN4O/c1-18-10-6-9(14)4-3-8(10)5-11(18)13-15-12(7-19-2)16-17-13/h3-6H,7H2,1-2H3,(H,15,16,17). The second-order valence-electron chi connectivity index (χ2n) is 4.33. The highest BCUT2D eigenvalue weighted by Gasteiger charge is 2.12. The smallest absolute Gasteiger partial charge is 0.197 e. The molecule has 3 rings (SSSR count). The molecule has 1 aromatic carbocycles. The van der Waals surface area contributed by atoms with E-state index in [1.807, 2.05) is 13.1 Å². The molecule has 0 amide bonds. The molecule has 0 bridgehead atoms. The first-order valence-electron chi connectivity index (χ1n) is 5.84. The van der Waals surface area contributed by atoms with Crippen molar-refractivity contribution in [2.45, 2.75) is 6.61 Å². The average Bonchev–Trinajstić information content (AvgIpc) is 2.96. The number of ether oxygens (including phenoxy) is 1. The third kappa shape index (κ3) is 2.17. The Balaban J connectivity index is 2.11. The Bertz CT molecular complexity index is 731. The highest BCUT2D eigenvalue weighted by molar-refractivity contribution is 9.10. The first kappa shape index (κ1) is 12.4. The molecule has 0 spiro atoms. The molecule has 0 atom stereocenters. The molecule has 98 valence electrons. The molecule has 0 saturated carbocycles. The third-order valence-corrected chi connectivity index (χ3v) is 3.54. The molecule has 0 fully saturated rings. The van der Waals surface area contributed by atoms with Gasteiger partial charge in [-0.3, -0.25) is 5.10 Å². The van der Waals surface area contributed by atoms with Crippen LogP contribution in [0.1, 0.15) is 5.82 Å². The highest BCUT2D eigenvalue weighted by Crippen LogP contribution is 2.27. The number of methoxy groups -OCH3 is 1. The maximum atomic E-state index is 5.04. The molecule has 0 aliphatic carbocycles. The Morgan fingerprint density at radius 1 is 1.37 bits per heavy atom. The van der Waals surface area contributed by atoms with Crippen LogP contribution in [0.5, 0.6) is 0 Å². The fraction of sp³-hybridized carbons (Fsp3) is 0.231. The summed E-state index contributed by atoms with van der Waals surface area (Å²) in [7, 11) is 3.65. The summed E-state index contributed by atoms with van der Waals surface area (Å²) in [6.07, 6.45) is 0. The molecule has 2 aromatic heterocycles. The summed E-state index contributed by atoms with van der Waals surface area (Å²) in [6, 6.07) is 8.27. The van der Waals surface area contributed by atoms with Crippen LogP contribution >= 0.6 is 15.9 Å². The van der Waals surface area contributed by atoms with Gasteiger partial charge in [0.05, 0.1) is 5.69 Å². The molecule has 2 heterocycles. The van der Waals surface area contributed by atoms with Gasteiger partial charge in [0.2, 0.25) is 0 Å². The van der Waals surface area contributed by atoms with Gasteiger partial charge >= 0.3 is 0 Å². The lowest BCUT2D eigenvalue weighted by atomic mass is 10.2. The molecular formula is C13H13BrN4O. The van der Waals surface area contributed by atoms with Crippen molar-refractivity contribution in [2.24, 2.45) is 7.05 Å². The number of hydrogen-bond acceptors (Lipinski definition) is 3. The molecular weight excluding hydrogens is 308 g/mol. The maximum Gasteiger partial charge on any atom is 0.197 e. The lowest BCUT2D eigenvalue weighted by molar-refractivity contribution is 0.178. The van der Waals surface area contributed by atoms with Gasteiger partial charge in [0, 0.05) is 29.5 Å². The average molecular weight is 321 g/mol. The Morgan fingerprint density at radius 2 is 2.21 bits per heavy atom.